The number of carbonyl (C=O) groups is 1. The van der Waals surface area contributed by atoms with E-state index in [4.69, 9.17) is 4.98 Å². The fourth-order valence-electron chi connectivity index (χ4n) is 3.29. The smallest absolute Gasteiger partial charge is 0.336 e. The number of unbranched alkanes of at least 4 members (excludes halogenated alkanes) is 1. The molecular weight excluding hydrogens is 350 g/mol. The zero-order valence-electron chi connectivity index (χ0n) is 16.6. The van der Waals surface area contributed by atoms with E-state index < -0.39 is 5.97 Å². The molecule has 1 N–H and O–H groups in total. The van der Waals surface area contributed by atoms with Crippen molar-refractivity contribution in [2.45, 2.75) is 52.5 Å². The largest absolute Gasteiger partial charge is 0.478 e. The molecule has 5 heteroatoms. The number of carboxylic acid groups (broad SMARTS) is 1. The lowest BCUT2D eigenvalue weighted by atomic mass is 9.98. The summed E-state index contributed by atoms with van der Waals surface area (Å²) in [5.41, 5.74) is 3.10. The minimum absolute atomic E-state index is 0.318. The SMILES string of the molecule is CCCCc1nc(Cc2ccc(-c3ccccc3C(=O)O)cc2)n(CCC)n1. The molecule has 2 aromatic carbocycles. The third-order valence-electron chi connectivity index (χ3n) is 4.77. The Kier molecular flexibility index (Phi) is 6.58. The zero-order chi connectivity index (χ0) is 19.9. The van der Waals surface area contributed by atoms with Crippen LogP contribution in [0.4, 0.5) is 0 Å². The Labute approximate surface area is 166 Å². The van der Waals surface area contributed by atoms with E-state index in [1.165, 1.54) is 0 Å². The molecule has 1 heterocycles. The van der Waals surface area contributed by atoms with Crippen LogP contribution in [-0.2, 0) is 19.4 Å². The van der Waals surface area contributed by atoms with Crippen LogP contribution < -0.4 is 0 Å². The summed E-state index contributed by atoms with van der Waals surface area (Å²) in [4.78, 5) is 16.2. The van der Waals surface area contributed by atoms with Crippen LogP contribution in [0.15, 0.2) is 48.5 Å². The first-order valence-corrected chi connectivity index (χ1v) is 9.96. The van der Waals surface area contributed by atoms with Crippen LogP contribution in [0.1, 0.15) is 60.7 Å². The van der Waals surface area contributed by atoms with Gasteiger partial charge in [0.25, 0.3) is 0 Å². The monoisotopic (exact) mass is 377 g/mol. The number of aromatic carboxylic acids is 1. The fraction of sp³-hybridized carbons (Fsp3) is 0.348. The van der Waals surface area contributed by atoms with E-state index in [2.05, 4.69) is 18.9 Å². The third-order valence-corrected chi connectivity index (χ3v) is 4.77. The lowest BCUT2D eigenvalue weighted by Gasteiger charge is -2.08. The molecule has 1 aromatic heterocycles. The van der Waals surface area contributed by atoms with Crippen molar-refractivity contribution in [3.05, 3.63) is 71.3 Å². The van der Waals surface area contributed by atoms with Gasteiger partial charge in [-0.05, 0) is 35.6 Å². The molecule has 0 unspecified atom stereocenters. The number of hydrogen-bond donors (Lipinski definition) is 1. The number of rotatable bonds is 9. The van der Waals surface area contributed by atoms with Gasteiger partial charge in [-0.25, -0.2) is 14.5 Å². The van der Waals surface area contributed by atoms with Crippen molar-refractivity contribution in [2.24, 2.45) is 0 Å². The quantitative estimate of drug-likeness (QED) is 0.571. The summed E-state index contributed by atoms with van der Waals surface area (Å²) in [5, 5.41) is 14.1. The van der Waals surface area contributed by atoms with Crippen molar-refractivity contribution in [2.75, 3.05) is 0 Å². The van der Waals surface area contributed by atoms with Crippen molar-refractivity contribution in [1.82, 2.24) is 14.8 Å². The molecule has 5 nitrogen and oxygen atoms in total. The summed E-state index contributed by atoms with van der Waals surface area (Å²) in [6.45, 7) is 5.19. The Hall–Kier alpha value is -2.95. The molecule has 0 radical (unpaired) electrons. The molecule has 3 rings (SSSR count). The Balaban J connectivity index is 1.81. The second-order valence-electron chi connectivity index (χ2n) is 7.00. The maximum atomic E-state index is 11.5. The predicted molar refractivity (Wildman–Crippen MR) is 111 cm³/mol. The number of hydrogen-bond acceptors (Lipinski definition) is 3. The summed E-state index contributed by atoms with van der Waals surface area (Å²) in [6, 6.07) is 15.1. The Morgan fingerprint density at radius 2 is 1.79 bits per heavy atom. The van der Waals surface area contributed by atoms with Crippen molar-refractivity contribution in [1.29, 1.82) is 0 Å². The van der Waals surface area contributed by atoms with Gasteiger partial charge in [-0.1, -0.05) is 62.7 Å². The predicted octanol–water partition coefficient (Wildman–Crippen LogP) is 4.99. The first kappa shape index (κ1) is 19.8. The number of carboxylic acids is 1. The summed E-state index contributed by atoms with van der Waals surface area (Å²) in [7, 11) is 0. The highest BCUT2D eigenvalue weighted by molar-refractivity contribution is 5.95. The number of benzene rings is 2. The summed E-state index contributed by atoms with van der Waals surface area (Å²) >= 11 is 0. The highest BCUT2D eigenvalue weighted by Crippen LogP contribution is 2.24. The van der Waals surface area contributed by atoms with Gasteiger partial charge in [-0.3, -0.25) is 0 Å². The second kappa shape index (κ2) is 9.31. The molecule has 0 atom stereocenters. The molecule has 0 aliphatic carbocycles. The summed E-state index contributed by atoms with van der Waals surface area (Å²) < 4.78 is 2.03. The first-order chi connectivity index (χ1) is 13.6. The minimum Gasteiger partial charge on any atom is -0.478 e. The summed E-state index contributed by atoms with van der Waals surface area (Å²) in [6.07, 6.45) is 4.91. The van der Waals surface area contributed by atoms with Crippen LogP contribution in [0.2, 0.25) is 0 Å². The minimum atomic E-state index is -0.910. The van der Waals surface area contributed by atoms with Gasteiger partial charge >= 0.3 is 5.97 Å². The standard InChI is InChI=1S/C23H27N3O2/c1-3-5-10-21-24-22(26(25-21)15-4-2)16-17-11-13-18(14-12-17)19-8-6-7-9-20(19)23(27)28/h6-9,11-14H,3-5,10,15-16H2,1-2H3,(H,27,28). The van der Waals surface area contributed by atoms with E-state index >= 15 is 0 Å². The van der Waals surface area contributed by atoms with E-state index in [1.807, 2.05) is 41.1 Å². The number of aromatic nitrogens is 3. The van der Waals surface area contributed by atoms with Gasteiger partial charge in [0, 0.05) is 19.4 Å². The molecule has 146 valence electrons. The lowest BCUT2D eigenvalue weighted by Crippen LogP contribution is -2.06. The van der Waals surface area contributed by atoms with E-state index in [0.29, 0.717) is 5.56 Å². The topological polar surface area (TPSA) is 68.0 Å². The average Bonchev–Trinajstić information content (AvgIpc) is 3.08. The molecule has 0 fully saturated rings. The normalized spacial score (nSPS) is 10.9. The Morgan fingerprint density at radius 3 is 2.46 bits per heavy atom. The summed E-state index contributed by atoms with van der Waals surface area (Å²) in [5.74, 6) is 1.01. The van der Waals surface area contributed by atoms with Crippen molar-refractivity contribution >= 4 is 5.97 Å². The van der Waals surface area contributed by atoms with Crippen LogP contribution in [0, 0.1) is 0 Å². The van der Waals surface area contributed by atoms with Crippen molar-refractivity contribution < 1.29 is 9.90 Å². The van der Waals surface area contributed by atoms with Crippen LogP contribution in [0.5, 0.6) is 0 Å². The van der Waals surface area contributed by atoms with Gasteiger partial charge < -0.3 is 5.11 Å². The van der Waals surface area contributed by atoms with E-state index in [-0.39, 0.29) is 0 Å². The van der Waals surface area contributed by atoms with E-state index in [0.717, 1.165) is 67.0 Å². The molecule has 0 aliphatic rings. The van der Waals surface area contributed by atoms with Crippen LogP contribution in [-0.4, -0.2) is 25.8 Å². The van der Waals surface area contributed by atoms with Crippen LogP contribution in [0.3, 0.4) is 0 Å². The maximum Gasteiger partial charge on any atom is 0.336 e. The van der Waals surface area contributed by atoms with Crippen molar-refractivity contribution in [3.8, 4) is 11.1 Å². The van der Waals surface area contributed by atoms with Gasteiger partial charge in [0.2, 0.25) is 0 Å². The van der Waals surface area contributed by atoms with Crippen LogP contribution >= 0.6 is 0 Å². The number of aryl methyl sites for hydroxylation is 2. The maximum absolute atomic E-state index is 11.5. The van der Waals surface area contributed by atoms with Gasteiger partial charge in [-0.15, -0.1) is 0 Å². The zero-order valence-corrected chi connectivity index (χ0v) is 16.6. The van der Waals surface area contributed by atoms with Crippen molar-refractivity contribution in [3.63, 3.8) is 0 Å². The highest BCUT2D eigenvalue weighted by atomic mass is 16.4. The fourth-order valence-corrected chi connectivity index (χ4v) is 3.29. The molecule has 3 aromatic rings. The molecule has 0 aliphatic heterocycles. The number of nitrogens with zero attached hydrogens (tertiary/aromatic N) is 3. The highest BCUT2D eigenvalue weighted by Gasteiger charge is 2.12. The molecular formula is C23H27N3O2. The first-order valence-electron chi connectivity index (χ1n) is 9.96. The second-order valence-corrected chi connectivity index (χ2v) is 7.00. The molecule has 0 amide bonds. The van der Waals surface area contributed by atoms with E-state index in [9.17, 15) is 9.90 Å². The third kappa shape index (κ3) is 4.66. The molecule has 0 spiro atoms. The van der Waals surface area contributed by atoms with Gasteiger partial charge in [-0.2, -0.15) is 5.10 Å². The van der Waals surface area contributed by atoms with Gasteiger partial charge in [0.05, 0.1) is 5.56 Å². The van der Waals surface area contributed by atoms with Gasteiger partial charge in [0.1, 0.15) is 5.82 Å². The van der Waals surface area contributed by atoms with E-state index in [1.54, 1.807) is 12.1 Å². The molecule has 28 heavy (non-hydrogen) atoms. The Bertz CT molecular complexity index is 929. The average molecular weight is 377 g/mol. The molecule has 0 saturated heterocycles. The lowest BCUT2D eigenvalue weighted by molar-refractivity contribution is 0.0697. The molecule has 0 saturated carbocycles. The van der Waals surface area contributed by atoms with Crippen LogP contribution in [0.25, 0.3) is 11.1 Å². The Morgan fingerprint density at radius 1 is 1.04 bits per heavy atom. The van der Waals surface area contributed by atoms with Gasteiger partial charge in [0.15, 0.2) is 5.82 Å². The molecule has 0 bridgehead atoms.